The van der Waals surface area contributed by atoms with Gasteiger partial charge in [0.1, 0.15) is 14.7 Å². The molecule has 0 spiro atoms. The summed E-state index contributed by atoms with van der Waals surface area (Å²) in [5.74, 6) is 3.65. The van der Waals surface area contributed by atoms with E-state index < -0.39 is 0 Å². The molecule has 0 saturated carbocycles. The summed E-state index contributed by atoms with van der Waals surface area (Å²) < 4.78 is 14.2. The van der Waals surface area contributed by atoms with E-state index in [0.29, 0.717) is 0 Å². The van der Waals surface area contributed by atoms with Crippen LogP contribution < -0.4 is 0 Å². The summed E-state index contributed by atoms with van der Waals surface area (Å²) in [6, 6.07) is 7.82. The molecule has 3 aromatic heterocycles. The maximum atomic E-state index is 5.36. The second-order valence-corrected chi connectivity index (χ2v) is 9.48. The first-order valence-electron chi connectivity index (χ1n) is 5.75. The van der Waals surface area contributed by atoms with E-state index in [0.717, 1.165) is 26.2 Å². The van der Waals surface area contributed by atoms with Gasteiger partial charge in [0.25, 0.3) is 0 Å². The summed E-state index contributed by atoms with van der Waals surface area (Å²) in [4.78, 5) is 0. The summed E-state index contributed by atoms with van der Waals surface area (Å²) in [5.41, 5.74) is 0. The normalized spacial score (nSPS) is 10.5. The van der Waals surface area contributed by atoms with Crippen LogP contribution in [-0.4, -0.2) is 0 Å². The van der Waals surface area contributed by atoms with E-state index in [-0.39, 0.29) is 19.5 Å². The zero-order chi connectivity index (χ0) is 13.8. The van der Waals surface area contributed by atoms with Gasteiger partial charge in [0.15, 0.2) is 0 Å². The Labute approximate surface area is 157 Å². The summed E-state index contributed by atoms with van der Waals surface area (Å²) in [7, 11) is 0. The monoisotopic (exact) mass is 422 g/mol. The van der Waals surface area contributed by atoms with Crippen molar-refractivity contribution in [2.24, 2.45) is 0 Å². The Balaban J connectivity index is 0.00000161. The summed E-state index contributed by atoms with van der Waals surface area (Å²) in [5, 5.41) is 0. The number of furan rings is 2. The first-order valence-corrected chi connectivity index (χ1v) is 9.77. The average molecular weight is 424 g/mol. The molecule has 0 aliphatic carbocycles. The van der Waals surface area contributed by atoms with Gasteiger partial charge in [-0.25, -0.2) is 0 Å². The minimum absolute atomic E-state index is 0. The predicted octanol–water partition coefficient (Wildman–Crippen LogP) is 6.31. The van der Waals surface area contributed by atoms with Crippen LogP contribution in [0.2, 0.25) is 0 Å². The van der Waals surface area contributed by atoms with Crippen LogP contribution in [0.5, 0.6) is 0 Å². The van der Waals surface area contributed by atoms with Crippen LogP contribution in [0.3, 0.4) is 0 Å². The van der Waals surface area contributed by atoms with Crippen LogP contribution in [0.4, 0.5) is 0 Å². The average Bonchev–Trinajstić information content (AvgIpc) is 3.16. The van der Waals surface area contributed by atoms with Gasteiger partial charge in [-0.15, -0.1) is 46.2 Å². The molecule has 0 aliphatic rings. The molecule has 21 heavy (non-hydrogen) atoms. The van der Waals surface area contributed by atoms with Crippen molar-refractivity contribution in [3.05, 3.63) is 51.4 Å². The van der Waals surface area contributed by atoms with Gasteiger partial charge in [0.2, 0.25) is 0 Å². The van der Waals surface area contributed by atoms with Crippen LogP contribution in [0, 0.1) is 3.14 Å². The third-order valence-electron chi connectivity index (χ3n) is 2.37. The Morgan fingerprint density at radius 2 is 1.38 bits per heavy atom. The number of hydrogen-bond acceptors (Lipinski definition) is 7. The van der Waals surface area contributed by atoms with E-state index in [2.05, 4.69) is 0 Å². The maximum Gasteiger partial charge on any atom is 0.145 e. The van der Waals surface area contributed by atoms with Gasteiger partial charge in [-0.2, -0.15) is 0 Å². The fourth-order valence-corrected chi connectivity index (χ4v) is 7.41. The van der Waals surface area contributed by atoms with Crippen LogP contribution in [0.15, 0.2) is 54.0 Å². The first kappa shape index (κ1) is 17.5. The molecule has 0 radical (unpaired) electrons. The smallest absolute Gasteiger partial charge is 0.145 e. The van der Waals surface area contributed by atoms with Crippen molar-refractivity contribution in [3.63, 3.8) is 0 Å². The first-order chi connectivity index (χ1) is 9.81. The number of thioether (sulfide) groups is 2. The molecule has 3 aromatic rings. The number of rotatable bonds is 6. The molecule has 0 fully saturated rings. The zero-order valence-corrected chi connectivity index (χ0v) is 18.0. The summed E-state index contributed by atoms with van der Waals surface area (Å²) in [6.45, 7) is 0. The maximum absolute atomic E-state index is 5.36. The third-order valence-corrected chi connectivity index (χ3v) is 8.00. The van der Waals surface area contributed by atoms with Crippen molar-refractivity contribution in [1.29, 1.82) is 0 Å². The molecular formula is C13H10O2S5Zn. The molecule has 0 saturated heterocycles. The van der Waals surface area contributed by atoms with Crippen molar-refractivity contribution >= 4 is 58.4 Å². The Kier molecular flexibility index (Phi) is 7.25. The van der Waals surface area contributed by atoms with Gasteiger partial charge < -0.3 is 8.83 Å². The second kappa shape index (κ2) is 8.70. The standard InChI is InChI=1S/C13H10O2S5.Zn/c16-13-19-11(17-7-9-3-1-5-14-9)12(20-13)18-8-10-4-2-6-15-10;/h1-6H,7-8H2;. The van der Waals surface area contributed by atoms with E-state index in [1.54, 1.807) is 58.7 Å². The fraction of sp³-hybridized carbons (Fsp3) is 0.154. The zero-order valence-electron chi connectivity index (χ0n) is 10.9. The van der Waals surface area contributed by atoms with Crippen LogP contribution >= 0.6 is 58.4 Å². The van der Waals surface area contributed by atoms with Gasteiger partial charge in [-0.3, -0.25) is 0 Å². The summed E-state index contributed by atoms with van der Waals surface area (Å²) in [6.07, 6.45) is 3.41. The molecule has 2 nitrogen and oxygen atoms in total. The van der Waals surface area contributed by atoms with Crippen LogP contribution in [0.25, 0.3) is 0 Å². The van der Waals surface area contributed by atoms with Crippen molar-refractivity contribution < 1.29 is 28.3 Å². The minimum Gasteiger partial charge on any atom is -0.468 e. The number of hydrogen-bond donors (Lipinski definition) is 0. The van der Waals surface area contributed by atoms with E-state index in [9.17, 15) is 0 Å². The van der Waals surface area contributed by atoms with E-state index >= 15 is 0 Å². The van der Waals surface area contributed by atoms with Gasteiger partial charge in [-0.1, -0.05) is 12.2 Å². The van der Waals surface area contributed by atoms with Crippen molar-refractivity contribution in [2.45, 2.75) is 19.9 Å². The summed E-state index contributed by atoms with van der Waals surface area (Å²) >= 11 is 12.2. The van der Waals surface area contributed by atoms with Gasteiger partial charge in [-0.05, 0) is 24.3 Å². The molecule has 3 heterocycles. The fourth-order valence-electron chi connectivity index (χ4n) is 1.50. The molecule has 0 atom stereocenters. The van der Waals surface area contributed by atoms with Crippen molar-refractivity contribution in [1.82, 2.24) is 0 Å². The second-order valence-electron chi connectivity index (χ2n) is 3.77. The quantitative estimate of drug-likeness (QED) is 0.263. The largest absolute Gasteiger partial charge is 0.468 e. The van der Waals surface area contributed by atoms with E-state index in [1.165, 1.54) is 8.42 Å². The third kappa shape index (κ3) is 5.08. The molecule has 0 aliphatic heterocycles. The molecule has 0 bridgehead atoms. The van der Waals surface area contributed by atoms with Crippen molar-refractivity contribution in [2.75, 3.05) is 0 Å². The molecule has 3 rings (SSSR count). The topological polar surface area (TPSA) is 26.3 Å². The Morgan fingerprint density at radius 1 is 0.905 bits per heavy atom. The SMILES string of the molecule is S=c1sc(SCc2ccco2)c(SCc2ccco2)s1.[Zn]. The molecule has 8 heteroatoms. The molecular weight excluding hydrogens is 414 g/mol. The molecule has 0 unspecified atom stereocenters. The van der Waals surface area contributed by atoms with Gasteiger partial charge in [0, 0.05) is 19.5 Å². The Morgan fingerprint density at radius 3 is 1.76 bits per heavy atom. The molecule has 0 amide bonds. The predicted molar refractivity (Wildman–Crippen MR) is 89.6 cm³/mol. The Hall–Kier alpha value is 0.153. The minimum atomic E-state index is 0. The van der Waals surface area contributed by atoms with Gasteiger partial charge >= 0.3 is 0 Å². The van der Waals surface area contributed by atoms with Gasteiger partial charge in [0.05, 0.1) is 32.5 Å². The molecule has 0 N–H and O–H groups in total. The molecule has 106 valence electrons. The van der Waals surface area contributed by atoms with Crippen LogP contribution in [-0.2, 0) is 31.0 Å². The Bertz CT molecular complexity index is 641. The molecule has 0 aromatic carbocycles. The van der Waals surface area contributed by atoms with E-state index in [1.807, 2.05) is 24.3 Å². The van der Waals surface area contributed by atoms with Crippen molar-refractivity contribution in [3.8, 4) is 0 Å². The van der Waals surface area contributed by atoms with Crippen LogP contribution in [0.1, 0.15) is 11.5 Å². The van der Waals surface area contributed by atoms with E-state index in [4.69, 9.17) is 21.1 Å².